The standard InChI is InChI=1S/C22H19FN2O4/c1-28-21(26)18-13-17(25-22(27)24-16-8-3-2-4-9-16)11-12-20(18)29-14-15-7-5-6-10-19(15)23/h2-13H,14H2,1H3,(H2,24,25,27). The molecule has 2 amide bonds. The zero-order valence-electron chi connectivity index (χ0n) is 15.6. The molecule has 3 aromatic carbocycles. The molecule has 0 saturated carbocycles. The Labute approximate surface area is 167 Å². The summed E-state index contributed by atoms with van der Waals surface area (Å²) in [5.41, 5.74) is 1.47. The number of amides is 2. The molecule has 3 aromatic rings. The second kappa shape index (κ2) is 9.36. The van der Waals surface area contributed by atoms with Crippen LogP contribution in [0.1, 0.15) is 15.9 Å². The van der Waals surface area contributed by atoms with E-state index in [9.17, 15) is 14.0 Å². The van der Waals surface area contributed by atoms with E-state index in [1.54, 1.807) is 48.5 Å². The molecule has 0 saturated heterocycles. The minimum Gasteiger partial charge on any atom is -0.488 e. The summed E-state index contributed by atoms with van der Waals surface area (Å²) in [4.78, 5) is 24.3. The van der Waals surface area contributed by atoms with E-state index < -0.39 is 17.8 Å². The number of urea groups is 1. The van der Waals surface area contributed by atoms with E-state index in [1.807, 2.05) is 6.07 Å². The Morgan fingerprint density at radius 1 is 0.897 bits per heavy atom. The number of rotatable bonds is 6. The Hall–Kier alpha value is -3.87. The predicted octanol–water partition coefficient (Wildman–Crippen LogP) is 4.84. The highest BCUT2D eigenvalue weighted by molar-refractivity contribution is 6.01. The number of methoxy groups -OCH3 is 1. The Morgan fingerprint density at radius 3 is 2.31 bits per heavy atom. The predicted molar refractivity (Wildman–Crippen MR) is 108 cm³/mol. The molecule has 2 N–H and O–H groups in total. The van der Waals surface area contributed by atoms with Crippen molar-refractivity contribution in [2.75, 3.05) is 17.7 Å². The van der Waals surface area contributed by atoms with Crippen molar-refractivity contribution < 1.29 is 23.5 Å². The molecule has 0 heterocycles. The van der Waals surface area contributed by atoms with Gasteiger partial charge in [0, 0.05) is 16.9 Å². The van der Waals surface area contributed by atoms with Crippen LogP contribution in [0.4, 0.5) is 20.6 Å². The Bertz CT molecular complexity index is 1010. The van der Waals surface area contributed by atoms with Crippen molar-refractivity contribution in [2.45, 2.75) is 6.61 Å². The maximum absolute atomic E-state index is 13.8. The first kappa shape index (κ1) is 19.9. The Balaban J connectivity index is 1.74. The monoisotopic (exact) mass is 394 g/mol. The third kappa shape index (κ3) is 5.32. The van der Waals surface area contributed by atoms with Gasteiger partial charge in [0.25, 0.3) is 0 Å². The molecule has 0 spiro atoms. The summed E-state index contributed by atoms with van der Waals surface area (Å²) in [6, 6.07) is 19.2. The first-order valence-corrected chi connectivity index (χ1v) is 8.78. The van der Waals surface area contributed by atoms with Gasteiger partial charge in [-0.25, -0.2) is 14.0 Å². The molecule has 0 aliphatic heterocycles. The van der Waals surface area contributed by atoms with Gasteiger partial charge in [-0.2, -0.15) is 0 Å². The van der Waals surface area contributed by atoms with E-state index in [4.69, 9.17) is 9.47 Å². The number of esters is 1. The molecule has 0 fully saturated rings. The zero-order valence-corrected chi connectivity index (χ0v) is 15.6. The summed E-state index contributed by atoms with van der Waals surface area (Å²) in [7, 11) is 1.24. The van der Waals surface area contributed by atoms with Gasteiger partial charge in [-0.05, 0) is 36.4 Å². The summed E-state index contributed by atoms with van der Waals surface area (Å²) < 4.78 is 24.2. The number of ether oxygens (including phenoxy) is 2. The normalized spacial score (nSPS) is 10.1. The number of benzene rings is 3. The second-order valence-electron chi connectivity index (χ2n) is 6.03. The average molecular weight is 394 g/mol. The molecule has 0 radical (unpaired) electrons. The summed E-state index contributed by atoms with van der Waals surface area (Å²) in [6.07, 6.45) is 0. The van der Waals surface area contributed by atoms with E-state index in [1.165, 1.54) is 25.3 Å². The van der Waals surface area contributed by atoms with Crippen LogP contribution < -0.4 is 15.4 Å². The highest BCUT2D eigenvalue weighted by Gasteiger charge is 2.16. The van der Waals surface area contributed by atoms with Crippen LogP contribution in [0.3, 0.4) is 0 Å². The van der Waals surface area contributed by atoms with E-state index in [-0.39, 0.29) is 17.9 Å². The van der Waals surface area contributed by atoms with Crippen molar-refractivity contribution in [1.29, 1.82) is 0 Å². The Kier molecular flexibility index (Phi) is 6.42. The molecular weight excluding hydrogens is 375 g/mol. The van der Waals surface area contributed by atoms with Crippen molar-refractivity contribution in [3.63, 3.8) is 0 Å². The zero-order chi connectivity index (χ0) is 20.6. The average Bonchev–Trinajstić information content (AvgIpc) is 2.74. The quantitative estimate of drug-likeness (QED) is 0.587. The summed E-state index contributed by atoms with van der Waals surface area (Å²) in [6.45, 7) is -0.0576. The van der Waals surface area contributed by atoms with Crippen LogP contribution in [0.25, 0.3) is 0 Å². The molecule has 148 valence electrons. The Morgan fingerprint density at radius 2 is 1.59 bits per heavy atom. The number of hydrogen-bond donors (Lipinski definition) is 2. The number of nitrogens with one attached hydrogen (secondary N) is 2. The van der Waals surface area contributed by atoms with E-state index in [0.717, 1.165) is 0 Å². The van der Waals surface area contributed by atoms with Crippen molar-refractivity contribution >= 4 is 23.4 Å². The topological polar surface area (TPSA) is 76.7 Å². The molecule has 29 heavy (non-hydrogen) atoms. The van der Waals surface area contributed by atoms with Crippen LogP contribution in [0, 0.1) is 5.82 Å². The number of para-hydroxylation sites is 1. The lowest BCUT2D eigenvalue weighted by atomic mass is 10.1. The number of carbonyl (C=O) groups excluding carboxylic acids is 2. The number of halogens is 1. The summed E-state index contributed by atoms with van der Waals surface area (Å²) in [5.74, 6) is -0.822. The van der Waals surface area contributed by atoms with Crippen LogP contribution in [-0.4, -0.2) is 19.1 Å². The summed E-state index contributed by atoms with van der Waals surface area (Å²) >= 11 is 0. The number of carbonyl (C=O) groups is 2. The minimum atomic E-state index is -0.638. The third-order valence-corrected chi connectivity index (χ3v) is 4.02. The number of hydrogen-bond acceptors (Lipinski definition) is 4. The van der Waals surface area contributed by atoms with Gasteiger partial charge < -0.3 is 20.1 Å². The SMILES string of the molecule is COC(=O)c1cc(NC(=O)Nc2ccccc2)ccc1OCc1ccccc1F. The fourth-order valence-corrected chi connectivity index (χ4v) is 2.59. The van der Waals surface area contributed by atoms with E-state index >= 15 is 0 Å². The molecule has 0 bridgehead atoms. The molecule has 0 unspecified atom stereocenters. The van der Waals surface area contributed by atoms with Gasteiger partial charge >= 0.3 is 12.0 Å². The van der Waals surface area contributed by atoms with Gasteiger partial charge in [-0.15, -0.1) is 0 Å². The first-order chi connectivity index (χ1) is 14.1. The van der Waals surface area contributed by atoms with Crippen LogP contribution in [0.2, 0.25) is 0 Å². The molecule has 6 nitrogen and oxygen atoms in total. The van der Waals surface area contributed by atoms with E-state index in [0.29, 0.717) is 16.9 Å². The van der Waals surface area contributed by atoms with Gasteiger partial charge in [-0.3, -0.25) is 0 Å². The fraction of sp³-hybridized carbons (Fsp3) is 0.0909. The molecule has 7 heteroatoms. The second-order valence-corrected chi connectivity index (χ2v) is 6.03. The van der Waals surface area contributed by atoms with Crippen molar-refractivity contribution in [3.8, 4) is 5.75 Å². The van der Waals surface area contributed by atoms with Crippen LogP contribution in [0.15, 0.2) is 72.8 Å². The minimum absolute atomic E-state index is 0.0576. The van der Waals surface area contributed by atoms with Gasteiger partial charge in [0.2, 0.25) is 0 Å². The lowest BCUT2D eigenvalue weighted by Gasteiger charge is -2.13. The molecule has 0 aliphatic carbocycles. The number of anilines is 2. The smallest absolute Gasteiger partial charge is 0.341 e. The first-order valence-electron chi connectivity index (χ1n) is 8.78. The maximum atomic E-state index is 13.8. The summed E-state index contributed by atoms with van der Waals surface area (Å²) in [5, 5.41) is 5.33. The van der Waals surface area contributed by atoms with Crippen molar-refractivity contribution in [1.82, 2.24) is 0 Å². The van der Waals surface area contributed by atoms with Crippen LogP contribution >= 0.6 is 0 Å². The lowest BCUT2D eigenvalue weighted by molar-refractivity contribution is 0.0595. The molecule has 0 aromatic heterocycles. The fourth-order valence-electron chi connectivity index (χ4n) is 2.59. The molecule has 3 rings (SSSR count). The van der Waals surface area contributed by atoms with Gasteiger partial charge in [0.1, 0.15) is 23.7 Å². The molecule has 0 aliphatic rings. The highest BCUT2D eigenvalue weighted by atomic mass is 19.1. The van der Waals surface area contributed by atoms with Gasteiger partial charge in [0.15, 0.2) is 0 Å². The molecular formula is C22H19FN2O4. The third-order valence-electron chi connectivity index (χ3n) is 4.02. The maximum Gasteiger partial charge on any atom is 0.341 e. The van der Waals surface area contributed by atoms with Crippen LogP contribution in [0.5, 0.6) is 5.75 Å². The highest BCUT2D eigenvalue weighted by Crippen LogP contribution is 2.25. The van der Waals surface area contributed by atoms with Gasteiger partial charge in [0.05, 0.1) is 7.11 Å². The van der Waals surface area contributed by atoms with Crippen LogP contribution in [-0.2, 0) is 11.3 Å². The van der Waals surface area contributed by atoms with Crippen molar-refractivity contribution in [3.05, 3.63) is 89.7 Å². The van der Waals surface area contributed by atoms with E-state index in [2.05, 4.69) is 10.6 Å². The van der Waals surface area contributed by atoms with Crippen molar-refractivity contribution in [2.24, 2.45) is 0 Å². The largest absolute Gasteiger partial charge is 0.488 e. The lowest BCUT2D eigenvalue weighted by Crippen LogP contribution is -2.19. The van der Waals surface area contributed by atoms with Gasteiger partial charge in [-0.1, -0.05) is 36.4 Å². The molecule has 0 atom stereocenters.